The van der Waals surface area contributed by atoms with Crippen LogP contribution in [-0.4, -0.2) is 44.1 Å². The van der Waals surface area contributed by atoms with Gasteiger partial charge in [0.2, 0.25) is 15.8 Å². The number of sulfonamides is 1. The number of aryl methyl sites for hydroxylation is 1. The maximum atomic E-state index is 13.6. The number of nitrogens with one attached hydrogen (secondary N) is 2. The standard InChI is InChI=1S/C18H17F3N2O6S/c1-8-15(10(3)24)9(2)23-18(8)12(25)7-29-14(26)6-22-30(27,28)13-5-4-11(19)16(20)17(13)21/h4-5,22-23H,6-7H2,1-3H3. The van der Waals surface area contributed by atoms with Crippen LogP contribution < -0.4 is 4.72 Å². The number of carbonyl (C=O) groups excluding carboxylic acids is 3. The van der Waals surface area contributed by atoms with Crippen LogP contribution in [-0.2, 0) is 19.6 Å². The highest BCUT2D eigenvalue weighted by molar-refractivity contribution is 7.89. The Morgan fingerprint density at radius 3 is 2.30 bits per heavy atom. The number of hydrogen-bond donors (Lipinski definition) is 2. The van der Waals surface area contributed by atoms with E-state index in [-0.39, 0.29) is 11.5 Å². The van der Waals surface area contributed by atoms with E-state index in [1.807, 2.05) is 0 Å². The number of rotatable bonds is 8. The van der Waals surface area contributed by atoms with Crippen molar-refractivity contribution >= 4 is 27.6 Å². The van der Waals surface area contributed by atoms with Crippen LogP contribution >= 0.6 is 0 Å². The maximum absolute atomic E-state index is 13.6. The Bertz CT molecular complexity index is 1140. The highest BCUT2D eigenvalue weighted by atomic mass is 32.2. The van der Waals surface area contributed by atoms with Crippen molar-refractivity contribution in [2.45, 2.75) is 25.7 Å². The number of hydrogen-bond acceptors (Lipinski definition) is 6. The van der Waals surface area contributed by atoms with Gasteiger partial charge < -0.3 is 9.72 Å². The van der Waals surface area contributed by atoms with E-state index in [1.165, 1.54) is 6.92 Å². The molecule has 12 heteroatoms. The molecule has 0 radical (unpaired) electrons. The van der Waals surface area contributed by atoms with Crippen molar-refractivity contribution in [3.05, 3.63) is 52.1 Å². The Hall–Kier alpha value is -2.99. The topological polar surface area (TPSA) is 122 Å². The third-order valence-electron chi connectivity index (χ3n) is 4.13. The summed E-state index contributed by atoms with van der Waals surface area (Å²) in [4.78, 5) is 37.1. The molecule has 0 aliphatic rings. The van der Waals surface area contributed by atoms with E-state index in [9.17, 15) is 36.0 Å². The molecule has 0 unspecified atom stereocenters. The van der Waals surface area contributed by atoms with Crippen LogP contribution in [0.2, 0.25) is 0 Å². The van der Waals surface area contributed by atoms with E-state index >= 15 is 0 Å². The summed E-state index contributed by atoms with van der Waals surface area (Å²) in [6.45, 7) is 2.73. The molecule has 0 spiro atoms. The molecule has 2 aromatic rings. The third kappa shape index (κ3) is 4.76. The fourth-order valence-corrected chi connectivity index (χ4v) is 3.81. The van der Waals surface area contributed by atoms with Crippen LogP contribution in [0.15, 0.2) is 17.0 Å². The Kier molecular flexibility index (Phi) is 6.83. The molecular formula is C18H17F3N2O6S. The minimum atomic E-state index is -4.70. The van der Waals surface area contributed by atoms with Gasteiger partial charge >= 0.3 is 5.97 Å². The third-order valence-corrected chi connectivity index (χ3v) is 5.55. The van der Waals surface area contributed by atoms with Crippen LogP contribution in [0.25, 0.3) is 0 Å². The Morgan fingerprint density at radius 2 is 1.73 bits per heavy atom. The summed E-state index contributed by atoms with van der Waals surface area (Å²) >= 11 is 0. The zero-order valence-corrected chi connectivity index (χ0v) is 16.9. The Balaban J connectivity index is 2.00. The van der Waals surface area contributed by atoms with Crippen LogP contribution in [0.1, 0.15) is 39.0 Å². The zero-order valence-electron chi connectivity index (χ0n) is 16.1. The second-order valence-corrected chi connectivity index (χ2v) is 8.00. The number of halogens is 3. The number of aromatic nitrogens is 1. The quantitative estimate of drug-likeness (QED) is 0.363. The van der Waals surface area contributed by atoms with Crippen LogP contribution in [0, 0.1) is 31.3 Å². The number of aromatic amines is 1. The summed E-state index contributed by atoms with van der Waals surface area (Å²) in [6.07, 6.45) is 0. The fraction of sp³-hybridized carbons (Fsp3) is 0.278. The summed E-state index contributed by atoms with van der Waals surface area (Å²) in [6, 6.07) is 0.911. The summed E-state index contributed by atoms with van der Waals surface area (Å²) < 4.78 is 70.1. The molecule has 0 fully saturated rings. The van der Waals surface area contributed by atoms with Crippen LogP contribution in [0.5, 0.6) is 0 Å². The molecule has 0 atom stereocenters. The number of Topliss-reactive ketones (excluding diaryl/α,β-unsaturated/α-hetero) is 2. The van der Waals surface area contributed by atoms with Crippen LogP contribution in [0.3, 0.4) is 0 Å². The lowest BCUT2D eigenvalue weighted by Gasteiger charge is -2.08. The van der Waals surface area contributed by atoms with E-state index in [0.29, 0.717) is 29.0 Å². The van der Waals surface area contributed by atoms with Gasteiger partial charge in [0.05, 0.1) is 5.69 Å². The molecule has 2 rings (SSSR count). The van der Waals surface area contributed by atoms with Crippen molar-refractivity contribution in [2.24, 2.45) is 0 Å². The lowest BCUT2D eigenvalue weighted by Crippen LogP contribution is -2.32. The highest BCUT2D eigenvalue weighted by Gasteiger charge is 2.25. The average molecular weight is 446 g/mol. The van der Waals surface area contributed by atoms with Gasteiger partial charge in [0, 0.05) is 11.3 Å². The normalized spacial score (nSPS) is 11.4. The van der Waals surface area contributed by atoms with E-state index in [4.69, 9.17) is 0 Å². The number of esters is 1. The fourth-order valence-electron chi connectivity index (χ4n) is 2.77. The van der Waals surface area contributed by atoms with Gasteiger partial charge in [-0.2, -0.15) is 4.72 Å². The van der Waals surface area contributed by atoms with Gasteiger partial charge in [-0.05, 0) is 38.5 Å². The van der Waals surface area contributed by atoms with E-state index in [1.54, 1.807) is 18.6 Å². The monoisotopic (exact) mass is 446 g/mol. The first-order chi connectivity index (χ1) is 13.9. The second-order valence-electron chi connectivity index (χ2n) is 6.26. The Labute approximate surface area is 169 Å². The minimum Gasteiger partial charge on any atom is -0.456 e. The van der Waals surface area contributed by atoms with Gasteiger partial charge in [-0.15, -0.1) is 0 Å². The van der Waals surface area contributed by atoms with E-state index < -0.39 is 57.3 Å². The molecule has 0 aliphatic carbocycles. The number of carbonyl (C=O) groups is 3. The second kappa shape index (κ2) is 8.79. The first kappa shape index (κ1) is 23.3. The van der Waals surface area contributed by atoms with E-state index in [0.717, 1.165) is 0 Å². The lowest BCUT2D eigenvalue weighted by atomic mass is 10.1. The predicted molar refractivity (Wildman–Crippen MR) is 97.1 cm³/mol. The van der Waals surface area contributed by atoms with Crippen molar-refractivity contribution in [2.75, 3.05) is 13.2 Å². The van der Waals surface area contributed by atoms with Gasteiger partial charge in [-0.1, -0.05) is 0 Å². The molecule has 1 heterocycles. The molecule has 0 saturated heterocycles. The molecule has 0 bridgehead atoms. The molecule has 0 saturated carbocycles. The predicted octanol–water partition coefficient (Wildman–Crippen LogP) is 1.96. The SMILES string of the molecule is CC(=O)c1c(C)[nH]c(C(=O)COC(=O)CNS(=O)(=O)c2ccc(F)c(F)c2F)c1C. The lowest BCUT2D eigenvalue weighted by molar-refractivity contribution is -0.141. The smallest absolute Gasteiger partial charge is 0.321 e. The van der Waals surface area contributed by atoms with Gasteiger partial charge in [0.25, 0.3) is 0 Å². The summed E-state index contributed by atoms with van der Waals surface area (Å²) in [5.41, 5.74) is 1.26. The molecule has 2 N–H and O–H groups in total. The van der Waals surface area contributed by atoms with Crippen molar-refractivity contribution in [3.8, 4) is 0 Å². The van der Waals surface area contributed by atoms with Crippen molar-refractivity contribution in [1.29, 1.82) is 0 Å². The number of benzene rings is 1. The number of ketones is 2. The van der Waals surface area contributed by atoms with Gasteiger partial charge in [0.15, 0.2) is 29.8 Å². The minimum absolute atomic E-state index is 0.0648. The summed E-state index contributed by atoms with van der Waals surface area (Å²) in [5, 5.41) is 0. The molecule has 162 valence electrons. The summed E-state index contributed by atoms with van der Waals surface area (Å²) in [7, 11) is -4.70. The van der Waals surface area contributed by atoms with Gasteiger partial charge in [-0.3, -0.25) is 14.4 Å². The molecule has 0 aliphatic heterocycles. The van der Waals surface area contributed by atoms with Gasteiger partial charge in [0.1, 0.15) is 11.4 Å². The molecule has 8 nitrogen and oxygen atoms in total. The molecular weight excluding hydrogens is 429 g/mol. The first-order valence-corrected chi connectivity index (χ1v) is 9.87. The molecule has 0 amide bonds. The van der Waals surface area contributed by atoms with Gasteiger partial charge in [-0.25, -0.2) is 21.6 Å². The van der Waals surface area contributed by atoms with E-state index in [2.05, 4.69) is 9.72 Å². The maximum Gasteiger partial charge on any atom is 0.321 e. The largest absolute Gasteiger partial charge is 0.456 e. The molecule has 30 heavy (non-hydrogen) atoms. The van der Waals surface area contributed by atoms with Crippen molar-refractivity contribution in [1.82, 2.24) is 9.71 Å². The molecule has 1 aromatic heterocycles. The first-order valence-electron chi connectivity index (χ1n) is 8.39. The van der Waals surface area contributed by atoms with Crippen molar-refractivity contribution < 1.29 is 40.7 Å². The zero-order chi connectivity index (χ0) is 22.8. The van der Waals surface area contributed by atoms with Crippen LogP contribution in [0.4, 0.5) is 13.2 Å². The average Bonchev–Trinajstić information content (AvgIpc) is 2.96. The number of H-pyrrole nitrogens is 1. The van der Waals surface area contributed by atoms with Crippen molar-refractivity contribution in [3.63, 3.8) is 0 Å². The summed E-state index contributed by atoms with van der Waals surface area (Å²) in [5.74, 6) is -7.59. The molecule has 1 aromatic carbocycles. The Morgan fingerprint density at radius 1 is 1.10 bits per heavy atom. The number of ether oxygens (including phenoxy) is 1. The highest BCUT2D eigenvalue weighted by Crippen LogP contribution is 2.20.